The second kappa shape index (κ2) is 6.82. The highest BCUT2D eigenvalue weighted by atomic mass is 16.7. The lowest BCUT2D eigenvalue weighted by Gasteiger charge is -2.16. The molecule has 0 aliphatic heterocycles. The van der Waals surface area contributed by atoms with Crippen molar-refractivity contribution in [2.75, 3.05) is 20.3 Å². The standard InChI is InChI=1S/C8H17NO4/c1-6(8(10)11)7(2)9-13-5-4-12-3/h6-7,9H,4-5H2,1-3H3,(H,10,11). The van der Waals surface area contributed by atoms with Crippen LogP contribution in [0.5, 0.6) is 0 Å². The summed E-state index contributed by atoms with van der Waals surface area (Å²) in [5.41, 5.74) is 2.64. The molecular weight excluding hydrogens is 174 g/mol. The number of methoxy groups -OCH3 is 1. The van der Waals surface area contributed by atoms with E-state index in [1.165, 1.54) is 0 Å². The van der Waals surface area contributed by atoms with Gasteiger partial charge in [0.05, 0.1) is 19.1 Å². The third kappa shape index (κ3) is 5.57. The molecule has 0 radical (unpaired) electrons. The Bertz CT molecular complexity index is 151. The van der Waals surface area contributed by atoms with Crippen molar-refractivity contribution in [1.29, 1.82) is 0 Å². The van der Waals surface area contributed by atoms with Crippen LogP contribution < -0.4 is 5.48 Å². The highest BCUT2D eigenvalue weighted by Crippen LogP contribution is 2.01. The summed E-state index contributed by atoms with van der Waals surface area (Å²) >= 11 is 0. The van der Waals surface area contributed by atoms with Crippen molar-refractivity contribution in [3.8, 4) is 0 Å². The third-order valence-corrected chi connectivity index (χ3v) is 1.80. The van der Waals surface area contributed by atoms with Crippen LogP contribution in [0.15, 0.2) is 0 Å². The maximum absolute atomic E-state index is 10.5. The lowest BCUT2D eigenvalue weighted by Crippen LogP contribution is -2.36. The Kier molecular flexibility index (Phi) is 6.48. The first-order valence-corrected chi connectivity index (χ1v) is 4.18. The first-order chi connectivity index (χ1) is 6.09. The van der Waals surface area contributed by atoms with Crippen molar-refractivity contribution in [2.24, 2.45) is 5.92 Å². The Morgan fingerprint density at radius 1 is 1.46 bits per heavy atom. The zero-order valence-electron chi connectivity index (χ0n) is 8.24. The summed E-state index contributed by atoms with van der Waals surface area (Å²) in [4.78, 5) is 15.5. The monoisotopic (exact) mass is 191 g/mol. The van der Waals surface area contributed by atoms with Crippen LogP contribution in [0.25, 0.3) is 0 Å². The van der Waals surface area contributed by atoms with Gasteiger partial charge in [-0.25, -0.2) is 0 Å². The van der Waals surface area contributed by atoms with Gasteiger partial charge in [0.1, 0.15) is 0 Å². The van der Waals surface area contributed by atoms with E-state index in [9.17, 15) is 4.79 Å². The summed E-state index contributed by atoms with van der Waals surface area (Å²) in [7, 11) is 1.58. The van der Waals surface area contributed by atoms with Gasteiger partial charge in [-0.3, -0.25) is 9.63 Å². The Hall–Kier alpha value is -0.650. The minimum Gasteiger partial charge on any atom is -0.481 e. The lowest BCUT2D eigenvalue weighted by atomic mass is 10.1. The van der Waals surface area contributed by atoms with Crippen molar-refractivity contribution >= 4 is 5.97 Å². The molecule has 0 rings (SSSR count). The van der Waals surface area contributed by atoms with Crippen LogP contribution in [-0.4, -0.2) is 37.4 Å². The highest BCUT2D eigenvalue weighted by Gasteiger charge is 2.18. The molecule has 0 saturated carbocycles. The number of ether oxygens (including phenoxy) is 1. The average Bonchev–Trinajstić information content (AvgIpc) is 2.10. The molecule has 0 aliphatic rings. The molecule has 78 valence electrons. The predicted molar refractivity (Wildman–Crippen MR) is 47.2 cm³/mol. The maximum atomic E-state index is 10.5. The quantitative estimate of drug-likeness (QED) is 0.446. The van der Waals surface area contributed by atoms with Crippen molar-refractivity contribution in [3.05, 3.63) is 0 Å². The summed E-state index contributed by atoms with van der Waals surface area (Å²) < 4.78 is 4.75. The van der Waals surface area contributed by atoms with Crippen molar-refractivity contribution in [3.63, 3.8) is 0 Å². The summed E-state index contributed by atoms with van der Waals surface area (Å²) in [6.45, 7) is 4.28. The van der Waals surface area contributed by atoms with E-state index in [0.29, 0.717) is 13.2 Å². The van der Waals surface area contributed by atoms with E-state index in [2.05, 4.69) is 5.48 Å². The molecule has 5 nitrogen and oxygen atoms in total. The van der Waals surface area contributed by atoms with E-state index in [1.54, 1.807) is 21.0 Å². The number of hydroxylamine groups is 1. The Labute approximate surface area is 78.0 Å². The minimum atomic E-state index is -0.838. The topological polar surface area (TPSA) is 67.8 Å². The second-order valence-electron chi connectivity index (χ2n) is 2.87. The molecule has 0 fully saturated rings. The summed E-state index contributed by atoms with van der Waals surface area (Å²) in [5, 5.41) is 8.63. The number of hydrogen-bond donors (Lipinski definition) is 2. The fraction of sp³-hybridized carbons (Fsp3) is 0.875. The van der Waals surface area contributed by atoms with Crippen molar-refractivity contribution in [1.82, 2.24) is 5.48 Å². The van der Waals surface area contributed by atoms with Gasteiger partial charge in [-0.2, -0.15) is 5.48 Å². The lowest BCUT2D eigenvalue weighted by molar-refractivity contribution is -0.143. The molecule has 0 aromatic rings. The number of aliphatic carboxylic acids is 1. The molecule has 5 heteroatoms. The second-order valence-corrected chi connectivity index (χ2v) is 2.87. The highest BCUT2D eigenvalue weighted by molar-refractivity contribution is 5.70. The van der Waals surface area contributed by atoms with Crippen molar-refractivity contribution < 1.29 is 19.5 Å². The molecule has 2 atom stereocenters. The molecule has 0 aromatic carbocycles. The first-order valence-electron chi connectivity index (χ1n) is 4.18. The average molecular weight is 191 g/mol. The molecule has 0 heterocycles. The minimum absolute atomic E-state index is 0.214. The van der Waals surface area contributed by atoms with Crippen LogP contribution in [0.2, 0.25) is 0 Å². The predicted octanol–water partition coefficient (Wildman–Crippen LogP) is 0.263. The van der Waals surface area contributed by atoms with E-state index < -0.39 is 11.9 Å². The Morgan fingerprint density at radius 2 is 2.08 bits per heavy atom. The molecule has 0 aromatic heterocycles. The molecule has 0 bridgehead atoms. The van der Waals surface area contributed by atoms with Gasteiger partial charge >= 0.3 is 5.97 Å². The van der Waals surface area contributed by atoms with Crippen LogP contribution in [0.3, 0.4) is 0 Å². The summed E-state index contributed by atoms with van der Waals surface area (Å²) in [6, 6.07) is -0.214. The molecule has 13 heavy (non-hydrogen) atoms. The van der Waals surface area contributed by atoms with Gasteiger partial charge in [-0.1, -0.05) is 6.92 Å². The van der Waals surface area contributed by atoms with Gasteiger partial charge in [0.2, 0.25) is 0 Å². The fourth-order valence-electron chi connectivity index (χ4n) is 0.631. The van der Waals surface area contributed by atoms with Gasteiger partial charge in [-0.05, 0) is 6.92 Å². The normalized spacial score (nSPS) is 15.3. The number of carboxylic acid groups (broad SMARTS) is 1. The van der Waals surface area contributed by atoms with Crippen LogP contribution in [-0.2, 0) is 14.4 Å². The zero-order chi connectivity index (χ0) is 10.3. The van der Waals surface area contributed by atoms with Gasteiger partial charge in [0.15, 0.2) is 0 Å². The number of carbonyl (C=O) groups is 1. The van der Waals surface area contributed by atoms with E-state index in [0.717, 1.165) is 0 Å². The van der Waals surface area contributed by atoms with Crippen molar-refractivity contribution in [2.45, 2.75) is 19.9 Å². The van der Waals surface area contributed by atoms with Crippen LogP contribution in [0.1, 0.15) is 13.8 Å². The summed E-state index contributed by atoms with van der Waals surface area (Å²) in [6.07, 6.45) is 0. The number of nitrogens with one attached hydrogen (secondary N) is 1. The molecule has 0 spiro atoms. The van der Waals surface area contributed by atoms with E-state index in [4.69, 9.17) is 14.7 Å². The maximum Gasteiger partial charge on any atom is 0.307 e. The molecule has 0 aliphatic carbocycles. The zero-order valence-corrected chi connectivity index (χ0v) is 8.24. The van der Waals surface area contributed by atoms with E-state index >= 15 is 0 Å². The van der Waals surface area contributed by atoms with Gasteiger partial charge < -0.3 is 9.84 Å². The van der Waals surface area contributed by atoms with Crippen LogP contribution >= 0.6 is 0 Å². The first kappa shape index (κ1) is 12.3. The Balaban J connectivity index is 3.50. The van der Waals surface area contributed by atoms with E-state index in [1.807, 2.05) is 0 Å². The third-order valence-electron chi connectivity index (χ3n) is 1.80. The number of hydrogen-bond acceptors (Lipinski definition) is 4. The molecule has 0 amide bonds. The summed E-state index contributed by atoms with van der Waals surface area (Å²) in [5.74, 6) is -1.31. The Morgan fingerprint density at radius 3 is 2.54 bits per heavy atom. The SMILES string of the molecule is COCCONC(C)C(C)C(=O)O. The molecular formula is C8H17NO4. The van der Waals surface area contributed by atoms with Gasteiger partial charge in [-0.15, -0.1) is 0 Å². The molecule has 2 unspecified atom stereocenters. The number of rotatable bonds is 7. The van der Waals surface area contributed by atoms with Gasteiger partial charge in [0.25, 0.3) is 0 Å². The smallest absolute Gasteiger partial charge is 0.307 e. The number of carboxylic acids is 1. The van der Waals surface area contributed by atoms with Crippen LogP contribution in [0.4, 0.5) is 0 Å². The largest absolute Gasteiger partial charge is 0.481 e. The van der Waals surface area contributed by atoms with Crippen LogP contribution in [0, 0.1) is 5.92 Å². The van der Waals surface area contributed by atoms with Gasteiger partial charge in [0, 0.05) is 13.2 Å². The van der Waals surface area contributed by atoms with E-state index in [-0.39, 0.29) is 6.04 Å². The molecule has 0 saturated heterocycles. The molecule has 2 N–H and O–H groups in total. The fourth-order valence-corrected chi connectivity index (χ4v) is 0.631.